The molecule has 7 nitrogen and oxygen atoms in total. The minimum absolute atomic E-state index is 0.118. The highest BCUT2D eigenvalue weighted by Gasteiger charge is 2.22. The first kappa shape index (κ1) is 14.6. The number of carboxylic acid groups (broad SMARTS) is 1. The van der Waals surface area contributed by atoms with Gasteiger partial charge in [-0.3, -0.25) is 4.79 Å². The van der Waals surface area contributed by atoms with Gasteiger partial charge < -0.3 is 20.6 Å². The molecule has 1 heterocycles. The standard InChI is InChI=1S/C10H14N2O5S/c1-5(13)11-3-2-7(14)8(15)6-4-18-9(12-6)10(16)17/h4,7-8,14-15H,2-3H2,1H3,(H,11,13)(H,16,17). The van der Waals surface area contributed by atoms with Crippen molar-refractivity contribution in [3.8, 4) is 0 Å². The summed E-state index contributed by atoms with van der Waals surface area (Å²) >= 11 is 0.881. The zero-order valence-corrected chi connectivity index (χ0v) is 10.5. The second kappa shape index (κ2) is 6.43. The molecule has 0 saturated heterocycles. The summed E-state index contributed by atoms with van der Waals surface area (Å²) in [6.07, 6.45) is -2.22. The number of amides is 1. The zero-order chi connectivity index (χ0) is 13.7. The van der Waals surface area contributed by atoms with Gasteiger partial charge in [0.15, 0.2) is 0 Å². The second-order valence-electron chi connectivity index (χ2n) is 3.67. The van der Waals surface area contributed by atoms with Gasteiger partial charge >= 0.3 is 5.97 Å². The van der Waals surface area contributed by atoms with Crippen LogP contribution in [0, 0.1) is 0 Å². The summed E-state index contributed by atoms with van der Waals surface area (Å²) in [5.41, 5.74) is 0.118. The summed E-state index contributed by atoms with van der Waals surface area (Å²) in [6, 6.07) is 0. The summed E-state index contributed by atoms with van der Waals surface area (Å²) in [5, 5.41) is 31.8. The van der Waals surface area contributed by atoms with Crippen molar-refractivity contribution in [3.05, 3.63) is 16.1 Å². The maximum atomic E-state index is 10.6. The molecule has 0 radical (unpaired) electrons. The van der Waals surface area contributed by atoms with Crippen LogP contribution in [0.2, 0.25) is 0 Å². The van der Waals surface area contributed by atoms with E-state index in [1.165, 1.54) is 12.3 Å². The van der Waals surface area contributed by atoms with Crippen molar-refractivity contribution < 1.29 is 24.9 Å². The van der Waals surface area contributed by atoms with Crippen LogP contribution in [-0.4, -0.2) is 44.8 Å². The molecule has 2 atom stereocenters. The lowest BCUT2D eigenvalue weighted by atomic mass is 10.1. The van der Waals surface area contributed by atoms with Gasteiger partial charge in [-0.2, -0.15) is 0 Å². The predicted molar refractivity (Wildman–Crippen MR) is 63.3 cm³/mol. The predicted octanol–water partition coefficient (Wildman–Crippen LogP) is -0.238. The van der Waals surface area contributed by atoms with E-state index in [0.717, 1.165) is 11.3 Å². The number of aromatic carboxylic acids is 1. The van der Waals surface area contributed by atoms with E-state index in [4.69, 9.17) is 5.11 Å². The number of thiazole rings is 1. The normalized spacial score (nSPS) is 13.9. The van der Waals surface area contributed by atoms with E-state index in [1.54, 1.807) is 0 Å². The number of carboxylic acids is 1. The molecule has 4 N–H and O–H groups in total. The quantitative estimate of drug-likeness (QED) is 0.568. The van der Waals surface area contributed by atoms with Crippen molar-refractivity contribution in [2.24, 2.45) is 0 Å². The van der Waals surface area contributed by atoms with Gasteiger partial charge in [0.25, 0.3) is 0 Å². The van der Waals surface area contributed by atoms with Gasteiger partial charge in [0, 0.05) is 18.8 Å². The molecule has 0 aliphatic heterocycles. The van der Waals surface area contributed by atoms with Gasteiger partial charge in [-0.15, -0.1) is 11.3 Å². The van der Waals surface area contributed by atoms with Gasteiger partial charge in [0.2, 0.25) is 10.9 Å². The van der Waals surface area contributed by atoms with Crippen LogP contribution < -0.4 is 5.32 Å². The number of carbonyl (C=O) groups excluding carboxylic acids is 1. The molecule has 1 amide bonds. The van der Waals surface area contributed by atoms with Crippen LogP contribution in [0.1, 0.15) is 34.9 Å². The van der Waals surface area contributed by atoms with E-state index in [1.807, 2.05) is 0 Å². The highest BCUT2D eigenvalue weighted by molar-refractivity contribution is 7.11. The van der Waals surface area contributed by atoms with Crippen LogP contribution in [0.5, 0.6) is 0 Å². The Morgan fingerprint density at radius 1 is 1.50 bits per heavy atom. The molecule has 0 fully saturated rings. The van der Waals surface area contributed by atoms with Crippen LogP contribution in [0.15, 0.2) is 5.38 Å². The third-order valence-electron chi connectivity index (χ3n) is 2.19. The van der Waals surface area contributed by atoms with Crippen LogP contribution in [0.4, 0.5) is 0 Å². The smallest absolute Gasteiger partial charge is 0.365 e. The third-order valence-corrected chi connectivity index (χ3v) is 3.03. The first-order valence-corrected chi connectivity index (χ1v) is 6.09. The molecular formula is C10H14N2O5S. The molecule has 8 heteroatoms. The van der Waals surface area contributed by atoms with E-state index in [2.05, 4.69) is 10.3 Å². The van der Waals surface area contributed by atoms with Crippen molar-refractivity contribution in [2.75, 3.05) is 6.54 Å². The number of nitrogens with zero attached hydrogens (tertiary/aromatic N) is 1. The SMILES string of the molecule is CC(=O)NCCC(O)C(O)c1csc(C(=O)O)n1. The summed E-state index contributed by atoms with van der Waals surface area (Å²) in [6.45, 7) is 1.58. The van der Waals surface area contributed by atoms with Crippen molar-refractivity contribution in [3.63, 3.8) is 0 Å². The number of rotatable bonds is 6. The maximum absolute atomic E-state index is 10.6. The number of carbonyl (C=O) groups is 2. The van der Waals surface area contributed by atoms with Gasteiger partial charge in [-0.05, 0) is 6.42 Å². The Hall–Kier alpha value is -1.51. The molecule has 0 saturated carbocycles. The van der Waals surface area contributed by atoms with E-state index in [0.29, 0.717) is 0 Å². The third kappa shape index (κ3) is 4.06. The summed E-state index contributed by atoms with van der Waals surface area (Å²) in [4.78, 5) is 24.9. The van der Waals surface area contributed by atoms with Crippen LogP contribution in [0.25, 0.3) is 0 Å². The minimum Gasteiger partial charge on any atom is -0.476 e. The Bertz CT molecular complexity index is 434. The van der Waals surface area contributed by atoms with Crippen molar-refractivity contribution in [1.82, 2.24) is 10.3 Å². The molecule has 0 bridgehead atoms. The second-order valence-corrected chi connectivity index (χ2v) is 4.52. The number of aliphatic hydroxyl groups excluding tert-OH is 2. The first-order valence-electron chi connectivity index (χ1n) is 5.21. The molecule has 18 heavy (non-hydrogen) atoms. The van der Waals surface area contributed by atoms with Crippen LogP contribution in [-0.2, 0) is 4.79 Å². The number of aliphatic hydroxyl groups is 2. The zero-order valence-electron chi connectivity index (χ0n) is 9.66. The minimum atomic E-state index is -1.26. The Balaban J connectivity index is 2.53. The Morgan fingerprint density at radius 3 is 2.67 bits per heavy atom. The maximum Gasteiger partial charge on any atom is 0.365 e. The Labute approximate surface area is 107 Å². The van der Waals surface area contributed by atoms with Gasteiger partial charge in [0.1, 0.15) is 6.10 Å². The lowest BCUT2D eigenvalue weighted by Crippen LogP contribution is -2.27. The summed E-state index contributed by atoms with van der Waals surface area (Å²) in [7, 11) is 0. The highest BCUT2D eigenvalue weighted by Crippen LogP contribution is 2.21. The van der Waals surface area contributed by atoms with Crippen molar-refractivity contribution >= 4 is 23.2 Å². The van der Waals surface area contributed by atoms with E-state index >= 15 is 0 Å². The van der Waals surface area contributed by atoms with Gasteiger partial charge in [-0.1, -0.05) is 0 Å². The molecule has 0 aliphatic rings. The first-order chi connectivity index (χ1) is 8.41. The fourth-order valence-corrected chi connectivity index (χ4v) is 1.95. The van der Waals surface area contributed by atoms with Crippen molar-refractivity contribution in [1.29, 1.82) is 0 Å². The average Bonchev–Trinajstić information content (AvgIpc) is 2.76. The lowest BCUT2D eigenvalue weighted by molar-refractivity contribution is -0.119. The van der Waals surface area contributed by atoms with Crippen LogP contribution >= 0.6 is 11.3 Å². The molecule has 0 spiro atoms. The fourth-order valence-electron chi connectivity index (χ4n) is 1.27. The van der Waals surface area contributed by atoms with Crippen molar-refractivity contribution in [2.45, 2.75) is 25.6 Å². The number of hydrogen-bond donors (Lipinski definition) is 4. The van der Waals surface area contributed by atoms with E-state index in [-0.39, 0.29) is 29.6 Å². The molecule has 100 valence electrons. The molecule has 0 aromatic carbocycles. The van der Waals surface area contributed by atoms with Crippen LogP contribution in [0.3, 0.4) is 0 Å². The van der Waals surface area contributed by atoms with Gasteiger partial charge in [0.05, 0.1) is 11.8 Å². The largest absolute Gasteiger partial charge is 0.476 e. The van der Waals surface area contributed by atoms with E-state index < -0.39 is 18.2 Å². The van der Waals surface area contributed by atoms with Gasteiger partial charge in [-0.25, -0.2) is 9.78 Å². The summed E-state index contributed by atoms with van der Waals surface area (Å²) < 4.78 is 0. The summed E-state index contributed by atoms with van der Waals surface area (Å²) in [5.74, 6) is -1.40. The lowest BCUT2D eigenvalue weighted by Gasteiger charge is -2.15. The molecule has 2 unspecified atom stereocenters. The molecule has 1 aromatic heterocycles. The molecular weight excluding hydrogens is 260 g/mol. The number of hydrogen-bond acceptors (Lipinski definition) is 6. The Kier molecular flexibility index (Phi) is 5.20. The molecule has 1 rings (SSSR count). The fraction of sp³-hybridized carbons (Fsp3) is 0.500. The topological polar surface area (TPSA) is 120 Å². The van der Waals surface area contributed by atoms with E-state index in [9.17, 15) is 19.8 Å². The average molecular weight is 274 g/mol. The Morgan fingerprint density at radius 2 is 2.17 bits per heavy atom. The highest BCUT2D eigenvalue weighted by atomic mass is 32.1. The molecule has 1 aromatic rings. The monoisotopic (exact) mass is 274 g/mol. The number of aromatic nitrogens is 1. The molecule has 0 aliphatic carbocycles. The number of nitrogens with one attached hydrogen (secondary N) is 1.